The lowest BCUT2D eigenvalue weighted by atomic mass is 9.98. The average molecular weight is 437 g/mol. The molecular formula is C25H32N4O3. The summed E-state index contributed by atoms with van der Waals surface area (Å²) in [5.41, 5.74) is 2.67. The van der Waals surface area contributed by atoms with Crippen molar-refractivity contribution >= 4 is 34.8 Å². The molecule has 0 radical (unpaired) electrons. The van der Waals surface area contributed by atoms with Crippen molar-refractivity contribution < 1.29 is 14.4 Å². The largest absolute Gasteiger partial charge is 0.376 e. The first-order chi connectivity index (χ1) is 15.3. The molecule has 32 heavy (non-hydrogen) atoms. The van der Waals surface area contributed by atoms with Crippen LogP contribution in [-0.4, -0.2) is 42.3 Å². The van der Waals surface area contributed by atoms with Crippen molar-refractivity contribution in [3.05, 3.63) is 54.1 Å². The maximum absolute atomic E-state index is 12.6. The lowest BCUT2D eigenvalue weighted by Crippen LogP contribution is -2.37. The maximum atomic E-state index is 12.6. The molecule has 2 aromatic rings. The van der Waals surface area contributed by atoms with Crippen molar-refractivity contribution in [3.63, 3.8) is 0 Å². The van der Waals surface area contributed by atoms with Crippen LogP contribution in [0.4, 0.5) is 17.1 Å². The number of hydrogen-bond acceptors (Lipinski definition) is 4. The van der Waals surface area contributed by atoms with Crippen LogP contribution in [-0.2, 0) is 9.59 Å². The zero-order valence-corrected chi connectivity index (χ0v) is 19.0. The molecule has 0 aromatic heterocycles. The first kappa shape index (κ1) is 23.3. The Bertz CT molecular complexity index is 948. The van der Waals surface area contributed by atoms with E-state index in [2.05, 4.69) is 22.9 Å². The Kier molecular flexibility index (Phi) is 7.87. The van der Waals surface area contributed by atoms with Crippen LogP contribution in [0, 0.1) is 11.8 Å². The number of likely N-dealkylation sites (tertiary alicyclic amines) is 1. The molecule has 0 saturated carbocycles. The summed E-state index contributed by atoms with van der Waals surface area (Å²) in [7, 11) is 0. The molecule has 0 atom stereocenters. The van der Waals surface area contributed by atoms with E-state index >= 15 is 0 Å². The number of carbonyl (C=O) groups excluding carboxylic acids is 3. The van der Waals surface area contributed by atoms with Crippen molar-refractivity contribution in [3.8, 4) is 0 Å². The van der Waals surface area contributed by atoms with Crippen molar-refractivity contribution in [2.45, 2.75) is 33.6 Å². The van der Waals surface area contributed by atoms with E-state index in [1.54, 1.807) is 36.4 Å². The zero-order valence-electron chi connectivity index (χ0n) is 19.0. The molecule has 0 unspecified atom stereocenters. The molecule has 0 bridgehead atoms. The lowest BCUT2D eigenvalue weighted by molar-refractivity contribution is -0.119. The highest BCUT2D eigenvalue weighted by Crippen LogP contribution is 2.19. The Hall–Kier alpha value is -3.35. The fourth-order valence-electron chi connectivity index (χ4n) is 3.47. The van der Waals surface area contributed by atoms with Crippen LogP contribution < -0.4 is 16.0 Å². The van der Waals surface area contributed by atoms with Crippen LogP contribution in [0.2, 0.25) is 0 Å². The van der Waals surface area contributed by atoms with Gasteiger partial charge in [-0.05, 0) is 61.2 Å². The van der Waals surface area contributed by atoms with Gasteiger partial charge in [0.25, 0.3) is 5.91 Å². The number of benzene rings is 2. The molecule has 0 aliphatic carbocycles. The predicted molar refractivity (Wildman–Crippen MR) is 128 cm³/mol. The third-order valence-electron chi connectivity index (χ3n) is 5.59. The number of amides is 3. The summed E-state index contributed by atoms with van der Waals surface area (Å²) < 4.78 is 0. The predicted octanol–water partition coefficient (Wildman–Crippen LogP) is 4.20. The molecule has 3 amide bonds. The number of anilines is 3. The van der Waals surface area contributed by atoms with Crippen molar-refractivity contribution in [1.29, 1.82) is 0 Å². The van der Waals surface area contributed by atoms with Gasteiger partial charge < -0.3 is 20.9 Å². The minimum absolute atomic E-state index is 0.0608. The standard InChI is InChI=1S/C25H32N4O3/c1-17(2)24(31)28-22-6-4-5-21(15-22)27-23(30)16-26-20-9-7-19(8-10-20)25(32)29-13-11-18(3)12-14-29/h4-10,15,17-18,26H,11-14,16H2,1-3H3,(H,27,30)(H,28,31). The maximum Gasteiger partial charge on any atom is 0.253 e. The average Bonchev–Trinajstić information content (AvgIpc) is 2.78. The summed E-state index contributed by atoms with van der Waals surface area (Å²) in [6.07, 6.45) is 2.10. The summed E-state index contributed by atoms with van der Waals surface area (Å²) in [6, 6.07) is 14.3. The molecule has 1 aliphatic rings. The van der Waals surface area contributed by atoms with Gasteiger partial charge >= 0.3 is 0 Å². The van der Waals surface area contributed by atoms with Crippen LogP contribution in [0.15, 0.2) is 48.5 Å². The third-order valence-corrected chi connectivity index (χ3v) is 5.59. The van der Waals surface area contributed by atoms with Crippen molar-refractivity contribution in [2.75, 3.05) is 35.6 Å². The van der Waals surface area contributed by atoms with Crippen LogP contribution in [0.3, 0.4) is 0 Å². The Balaban J connectivity index is 1.49. The van der Waals surface area contributed by atoms with Gasteiger partial charge in [0.2, 0.25) is 11.8 Å². The molecule has 1 aliphatic heterocycles. The van der Waals surface area contributed by atoms with Gasteiger partial charge in [0, 0.05) is 41.6 Å². The summed E-state index contributed by atoms with van der Waals surface area (Å²) in [5.74, 6) is 0.332. The van der Waals surface area contributed by atoms with E-state index in [-0.39, 0.29) is 30.2 Å². The quantitative estimate of drug-likeness (QED) is 0.607. The van der Waals surface area contributed by atoms with Gasteiger partial charge in [0.15, 0.2) is 0 Å². The van der Waals surface area contributed by atoms with Crippen LogP contribution in [0.1, 0.15) is 44.0 Å². The molecule has 170 valence electrons. The topological polar surface area (TPSA) is 90.5 Å². The van der Waals surface area contributed by atoms with E-state index in [0.29, 0.717) is 22.9 Å². The summed E-state index contributed by atoms with van der Waals surface area (Å²) in [6.45, 7) is 7.57. The highest BCUT2D eigenvalue weighted by Gasteiger charge is 2.21. The first-order valence-corrected chi connectivity index (χ1v) is 11.2. The normalized spacial score (nSPS) is 14.2. The van der Waals surface area contributed by atoms with Crippen molar-refractivity contribution in [2.24, 2.45) is 11.8 Å². The number of piperidine rings is 1. The van der Waals surface area contributed by atoms with E-state index in [1.165, 1.54) is 0 Å². The second-order valence-corrected chi connectivity index (χ2v) is 8.68. The van der Waals surface area contributed by atoms with Crippen LogP contribution in [0.25, 0.3) is 0 Å². The third kappa shape index (κ3) is 6.57. The van der Waals surface area contributed by atoms with E-state index in [9.17, 15) is 14.4 Å². The molecule has 0 spiro atoms. The van der Waals surface area contributed by atoms with Gasteiger partial charge in [-0.2, -0.15) is 0 Å². The smallest absolute Gasteiger partial charge is 0.253 e. The SMILES string of the molecule is CC1CCN(C(=O)c2ccc(NCC(=O)Nc3cccc(NC(=O)C(C)C)c3)cc2)CC1. The zero-order chi connectivity index (χ0) is 23.1. The van der Waals surface area contributed by atoms with Crippen LogP contribution >= 0.6 is 0 Å². The Labute approximate surface area is 189 Å². The number of rotatable bonds is 7. The Morgan fingerprint density at radius 2 is 1.56 bits per heavy atom. The van der Waals surface area contributed by atoms with Crippen molar-refractivity contribution in [1.82, 2.24) is 4.90 Å². The van der Waals surface area contributed by atoms with Gasteiger partial charge in [-0.3, -0.25) is 14.4 Å². The van der Waals surface area contributed by atoms with Gasteiger partial charge in [-0.1, -0.05) is 26.8 Å². The molecule has 2 aromatic carbocycles. The number of nitrogens with one attached hydrogen (secondary N) is 3. The Morgan fingerprint density at radius 3 is 2.19 bits per heavy atom. The first-order valence-electron chi connectivity index (χ1n) is 11.2. The molecule has 3 rings (SSSR count). The monoisotopic (exact) mass is 436 g/mol. The van der Waals surface area contributed by atoms with E-state index in [1.807, 2.05) is 30.9 Å². The second kappa shape index (κ2) is 10.8. The van der Waals surface area contributed by atoms with E-state index in [0.717, 1.165) is 31.6 Å². The number of nitrogens with zero attached hydrogens (tertiary/aromatic N) is 1. The molecule has 3 N–H and O–H groups in total. The lowest BCUT2D eigenvalue weighted by Gasteiger charge is -2.30. The van der Waals surface area contributed by atoms with Crippen LogP contribution in [0.5, 0.6) is 0 Å². The molecular weight excluding hydrogens is 404 g/mol. The summed E-state index contributed by atoms with van der Waals surface area (Å²) in [4.78, 5) is 38.7. The van der Waals surface area contributed by atoms with Gasteiger partial charge in [-0.15, -0.1) is 0 Å². The summed E-state index contributed by atoms with van der Waals surface area (Å²) in [5, 5.41) is 8.71. The fraction of sp³-hybridized carbons (Fsp3) is 0.400. The molecule has 1 heterocycles. The minimum Gasteiger partial charge on any atom is -0.376 e. The number of carbonyl (C=O) groups is 3. The molecule has 1 saturated heterocycles. The second-order valence-electron chi connectivity index (χ2n) is 8.68. The fourth-order valence-corrected chi connectivity index (χ4v) is 3.47. The van der Waals surface area contributed by atoms with E-state index in [4.69, 9.17) is 0 Å². The molecule has 7 nitrogen and oxygen atoms in total. The van der Waals surface area contributed by atoms with E-state index < -0.39 is 0 Å². The molecule has 1 fully saturated rings. The highest BCUT2D eigenvalue weighted by atomic mass is 16.2. The summed E-state index contributed by atoms with van der Waals surface area (Å²) >= 11 is 0. The van der Waals surface area contributed by atoms with Gasteiger partial charge in [0.05, 0.1) is 6.54 Å². The van der Waals surface area contributed by atoms with Gasteiger partial charge in [-0.25, -0.2) is 0 Å². The molecule has 7 heteroatoms. The number of hydrogen-bond donors (Lipinski definition) is 3. The van der Waals surface area contributed by atoms with Gasteiger partial charge in [0.1, 0.15) is 0 Å². The Morgan fingerprint density at radius 1 is 0.938 bits per heavy atom. The highest BCUT2D eigenvalue weighted by molar-refractivity contribution is 5.96. The minimum atomic E-state index is -0.208.